The van der Waals surface area contributed by atoms with Crippen molar-refractivity contribution in [3.05, 3.63) is 71.8 Å². The molecule has 1 aromatic carbocycles. The zero-order valence-corrected chi connectivity index (χ0v) is 16.6. The Labute approximate surface area is 167 Å². The third-order valence-electron chi connectivity index (χ3n) is 4.66. The summed E-state index contributed by atoms with van der Waals surface area (Å²) in [4.78, 5) is 17.7. The molecule has 28 heavy (non-hydrogen) atoms. The van der Waals surface area contributed by atoms with Crippen LogP contribution in [0.25, 0.3) is 16.6 Å². The maximum atomic E-state index is 13.2. The van der Waals surface area contributed by atoms with Crippen molar-refractivity contribution in [2.45, 2.75) is 19.4 Å². The summed E-state index contributed by atoms with van der Waals surface area (Å²) in [5, 5.41) is 12.6. The van der Waals surface area contributed by atoms with Gasteiger partial charge in [0.25, 0.3) is 5.91 Å². The molecule has 0 aliphatic heterocycles. The second kappa shape index (κ2) is 7.98. The van der Waals surface area contributed by atoms with Crippen LogP contribution in [-0.4, -0.2) is 37.5 Å². The van der Waals surface area contributed by atoms with Crippen LogP contribution in [0.2, 0.25) is 0 Å². The van der Waals surface area contributed by atoms with Gasteiger partial charge in [0.05, 0.1) is 17.1 Å². The van der Waals surface area contributed by atoms with E-state index in [1.165, 1.54) is 0 Å². The monoisotopic (exact) mass is 391 g/mol. The fourth-order valence-corrected chi connectivity index (χ4v) is 3.80. The van der Waals surface area contributed by atoms with Crippen molar-refractivity contribution in [2.75, 3.05) is 12.0 Å². The first-order chi connectivity index (χ1) is 13.7. The van der Waals surface area contributed by atoms with Crippen molar-refractivity contribution in [2.24, 2.45) is 0 Å². The number of hydrogen-bond donors (Lipinski definition) is 1. The minimum atomic E-state index is -0.232. The summed E-state index contributed by atoms with van der Waals surface area (Å²) < 4.78 is 1.93. The van der Waals surface area contributed by atoms with Crippen LogP contribution >= 0.6 is 11.8 Å². The number of aromatic nitrogens is 4. The second-order valence-electron chi connectivity index (χ2n) is 6.62. The molecule has 0 radical (unpaired) electrons. The molecule has 0 spiro atoms. The highest BCUT2D eigenvalue weighted by Crippen LogP contribution is 2.22. The zero-order valence-electron chi connectivity index (χ0n) is 15.8. The smallest absolute Gasteiger partial charge is 0.252 e. The first-order valence-electron chi connectivity index (χ1n) is 9.13. The molecule has 0 fully saturated rings. The Hall–Kier alpha value is -2.93. The Bertz CT molecular complexity index is 1140. The molecule has 1 amide bonds. The highest BCUT2D eigenvalue weighted by Gasteiger charge is 2.22. The maximum absolute atomic E-state index is 13.2. The van der Waals surface area contributed by atoms with Crippen LogP contribution in [-0.2, 0) is 0 Å². The number of thioether (sulfide) groups is 1. The maximum Gasteiger partial charge on any atom is 0.252 e. The molecule has 0 aliphatic carbocycles. The van der Waals surface area contributed by atoms with E-state index in [2.05, 4.69) is 26.8 Å². The van der Waals surface area contributed by atoms with Gasteiger partial charge in [0.1, 0.15) is 0 Å². The number of pyridine rings is 2. The minimum absolute atomic E-state index is 0.125. The topological polar surface area (TPSA) is 72.2 Å². The summed E-state index contributed by atoms with van der Waals surface area (Å²) >= 11 is 1.74. The largest absolute Gasteiger partial charge is 0.342 e. The van der Waals surface area contributed by atoms with E-state index in [0.717, 1.165) is 40.2 Å². The van der Waals surface area contributed by atoms with E-state index in [-0.39, 0.29) is 11.9 Å². The number of nitrogens with one attached hydrogen (secondary N) is 1. The van der Waals surface area contributed by atoms with Crippen LogP contribution in [0.1, 0.15) is 34.3 Å². The van der Waals surface area contributed by atoms with Gasteiger partial charge in [0.2, 0.25) is 0 Å². The van der Waals surface area contributed by atoms with Gasteiger partial charge >= 0.3 is 0 Å². The molecule has 3 aromatic heterocycles. The van der Waals surface area contributed by atoms with E-state index in [0.29, 0.717) is 5.56 Å². The Balaban J connectivity index is 1.71. The van der Waals surface area contributed by atoms with Gasteiger partial charge in [-0.3, -0.25) is 14.2 Å². The lowest BCUT2D eigenvalue weighted by Crippen LogP contribution is -2.30. The molecule has 0 aliphatic rings. The summed E-state index contributed by atoms with van der Waals surface area (Å²) in [7, 11) is 0. The number of para-hydroxylation sites is 1. The lowest BCUT2D eigenvalue weighted by molar-refractivity contribution is 0.0935. The first-order valence-corrected chi connectivity index (χ1v) is 10.5. The van der Waals surface area contributed by atoms with Gasteiger partial charge in [-0.2, -0.15) is 11.8 Å². The van der Waals surface area contributed by atoms with Crippen LogP contribution in [0.5, 0.6) is 0 Å². The number of nitrogens with zero attached hydrogens (tertiary/aromatic N) is 4. The molecule has 4 rings (SSSR count). The predicted molar refractivity (Wildman–Crippen MR) is 113 cm³/mol. The molecule has 0 saturated carbocycles. The van der Waals surface area contributed by atoms with Gasteiger partial charge in [0, 0.05) is 17.3 Å². The van der Waals surface area contributed by atoms with Crippen LogP contribution in [0, 0.1) is 6.92 Å². The number of aryl methyl sites for hydroxylation is 1. The van der Waals surface area contributed by atoms with Crippen LogP contribution < -0.4 is 5.32 Å². The fraction of sp³-hybridized carbons (Fsp3) is 0.238. The zero-order chi connectivity index (χ0) is 19.5. The van der Waals surface area contributed by atoms with Crippen molar-refractivity contribution in [3.8, 4) is 0 Å². The Morgan fingerprint density at radius 1 is 1.18 bits per heavy atom. The van der Waals surface area contributed by atoms with Crippen molar-refractivity contribution < 1.29 is 4.79 Å². The predicted octanol–water partition coefficient (Wildman–Crippen LogP) is 3.81. The third-order valence-corrected chi connectivity index (χ3v) is 5.30. The van der Waals surface area contributed by atoms with E-state index in [9.17, 15) is 4.79 Å². The van der Waals surface area contributed by atoms with Gasteiger partial charge in [-0.15, -0.1) is 10.2 Å². The number of benzene rings is 1. The number of fused-ring (bicyclic) bond motifs is 2. The van der Waals surface area contributed by atoms with E-state index < -0.39 is 0 Å². The minimum Gasteiger partial charge on any atom is -0.342 e. The van der Waals surface area contributed by atoms with Crippen LogP contribution in [0.3, 0.4) is 0 Å². The summed E-state index contributed by atoms with van der Waals surface area (Å²) in [5.74, 6) is 1.52. The van der Waals surface area contributed by atoms with Gasteiger partial charge in [0.15, 0.2) is 11.5 Å². The molecule has 7 heteroatoms. The van der Waals surface area contributed by atoms with Crippen molar-refractivity contribution in [1.29, 1.82) is 0 Å². The summed E-state index contributed by atoms with van der Waals surface area (Å²) in [6.07, 6.45) is 4.75. The number of amides is 1. The SMILES string of the molecule is CSCC[C@@H](NC(=O)c1cc(C)nc2ccccc12)c1nnc2ccccn12. The van der Waals surface area contributed by atoms with Crippen molar-refractivity contribution >= 4 is 34.2 Å². The fourth-order valence-electron chi connectivity index (χ4n) is 3.33. The molecule has 4 aromatic rings. The molecule has 1 N–H and O–H groups in total. The molecule has 6 nitrogen and oxygen atoms in total. The van der Waals surface area contributed by atoms with Gasteiger partial charge in [-0.1, -0.05) is 24.3 Å². The van der Waals surface area contributed by atoms with E-state index in [1.807, 2.05) is 66.1 Å². The molecule has 1 atom stereocenters. The molecular formula is C21H21N5OS. The van der Waals surface area contributed by atoms with E-state index in [1.54, 1.807) is 11.8 Å². The lowest BCUT2D eigenvalue weighted by Gasteiger charge is -2.18. The number of hydrogen-bond acceptors (Lipinski definition) is 5. The first kappa shape index (κ1) is 18.4. The van der Waals surface area contributed by atoms with Crippen molar-refractivity contribution in [1.82, 2.24) is 24.9 Å². The quantitative estimate of drug-likeness (QED) is 0.541. The summed E-state index contributed by atoms with van der Waals surface area (Å²) in [5.41, 5.74) is 3.04. The number of carbonyl (C=O) groups excluding carboxylic acids is 1. The second-order valence-corrected chi connectivity index (χ2v) is 7.61. The average molecular weight is 392 g/mol. The molecule has 142 valence electrons. The highest BCUT2D eigenvalue weighted by molar-refractivity contribution is 7.98. The summed E-state index contributed by atoms with van der Waals surface area (Å²) in [6.45, 7) is 1.90. The molecule has 3 heterocycles. The van der Waals surface area contributed by atoms with Crippen LogP contribution in [0.15, 0.2) is 54.7 Å². The van der Waals surface area contributed by atoms with E-state index >= 15 is 0 Å². The molecular weight excluding hydrogens is 370 g/mol. The van der Waals surface area contributed by atoms with Gasteiger partial charge in [-0.25, -0.2) is 0 Å². The van der Waals surface area contributed by atoms with E-state index in [4.69, 9.17) is 0 Å². The molecule has 0 saturated heterocycles. The lowest BCUT2D eigenvalue weighted by atomic mass is 10.1. The average Bonchev–Trinajstić information content (AvgIpc) is 3.14. The van der Waals surface area contributed by atoms with Crippen molar-refractivity contribution in [3.63, 3.8) is 0 Å². The highest BCUT2D eigenvalue weighted by atomic mass is 32.2. The normalized spacial score (nSPS) is 12.4. The Morgan fingerprint density at radius 2 is 2.00 bits per heavy atom. The van der Waals surface area contributed by atoms with Crippen LogP contribution in [0.4, 0.5) is 0 Å². The summed E-state index contributed by atoms with van der Waals surface area (Å²) in [6, 6.07) is 15.1. The molecule has 0 unspecified atom stereocenters. The number of rotatable bonds is 6. The number of carbonyl (C=O) groups is 1. The third kappa shape index (κ3) is 3.57. The Kier molecular flexibility index (Phi) is 5.25. The standard InChI is InChI=1S/C21H21N5OS/c1-14-13-16(15-7-3-4-8-17(15)22-14)21(27)23-18(10-12-28-2)20-25-24-19-9-5-6-11-26(19)20/h3-9,11,13,18H,10,12H2,1-2H3,(H,23,27)/t18-/m1/s1. The van der Waals surface area contributed by atoms with Gasteiger partial charge < -0.3 is 5.32 Å². The van der Waals surface area contributed by atoms with Gasteiger partial charge in [-0.05, 0) is 49.6 Å². The molecule has 0 bridgehead atoms. The Morgan fingerprint density at radius 3 is 2.86 bits per heavy atom.